The van der Waals surface area contributed by atoms with Gasteiger partial charge in [-0.25, -0.2) is 0 Å². The molecule has 0 aliphatic carbocycles. The lowest BCUT2D eigenvalue weighted by Crippen LogP contribution is -2.04. The lowest BCUT2D eigenvalue weighted by molar-refractivity contribution is 0.113. The predicted molar refractivity (Wildman–Crippen MR) is 137 cm³/mol. The minimum atomic E-state index is 0.357. The summed E-state index contributed by atoms with van der Waals surface area (Å²) in [6.07, 6.45) is 15.8. The molecule has 0 N–H and O–H groups in total. The monoisotopic (exact) mass is 488 g/mol. The van der Waals surface area contributed by atoms with Crippen LogP contribution in [0.3, 0.4) is 0 Å². The van der Waals surface area contributed by atoms with Crippen LogP contribution in [0.1, 0.15) is 61.6 Å². The Morgan fingerprint density at radius 3 is 1.71 bits per heavy atom. The van der Waals surface area contributed by atoms with Crippen LogP contribution in [0.5, 0.6) is 0 Å². The van der Waals surface area contributed by atoms with E-state index >= 15 is 0 Å². The van der Waals surface area contributed by atoms with E-state index in [2.05, 4.69) is 30.4 Å². The second kappa shape index (κ2) is 15.7. The minimum Gasteiger partial charge on any atom is -0.379 e. The molecule has 0 aromatic heterocycles. The second-order valence-electron chi connectivity index (χ2n) is 9.93. The molecule has 3 fully saturated rings. The molecule has 3 aliphatic heterocycles. The lowest BCUT2D eigenvalue weighted by Gasteiger charge is -2.12. The van der Waals surface area contributed by atoms with Gasteiger partial charge in [0, 0.05) is 19.8 Å². The molecule has 35 heavy (non-hydrogen) atoms. The van der Waals surface area contributed by atoms with Crippen LogP contribution in [0.25, 0.3) is 6.08 Å². The molecule has 3 saturated heterocycles. The van der Waals surface area contributed by atoms with E-state index in [1.807, 2.05) is 0 Å². The second-order valence-corrected chi connectivity index (χ2v) is 9.93. The Morgan fingerprint density at radius 2 is 1.17 bits per heavy atom. The number of hydrogen-bond acceptors (Lipinski definition) is 6. The predicted octanol–water partition coefficient (Wildman–Crippen LogP) is 4.76. The van der Waals surface area contributed by atoms with E-state index in [4.69, 9.17) is 28.4 Å². The molecule has 3 unspecified atom stereocenters. The van der Waals surface area contributed by atoms with Crippen LogP contribution in [-0.2, 0) is 41.3 Å². The maximum atomic E-state index is 5.71. The Bertz CT molecular complexity index is 739. The summed E-state index contributed by atoms with van der Waals surface area (Å²) in [5, 5.41) is 0. The first-order valence-corrected chi connectivity index (χ1v) is 13.7. The Labute approximate surface area is 211 Å². The maximum absolute atomic E-state index is 5.71. The zero-order chi connectivity index (χ0) is 24.0. The number of unbranched alkanes of at least 4 members (excludes halogenated alkanes) is 4. The van der Waals surface area contributed by atoms with Gasteiger partial charge in [0.05, 0.1) is 39.6 Å². The van der Waals surface area contributed by atoms with Gasteiger partial charge in [-0.15, -0.1) is 0 Å². The topological polar surface area (TPSA) is 65.3 Å². The van der Waals surface area contributed by atoms with E-state index in [0.29, 0.717) is 18.3 Å². The van der Waals surface area contributed by atoms with Crippen molar-refractivity contribution in [2.24, 2.45) is 0 Å². The Morgan fingerprint density at radius 1 is 0.657 bits per heavy atom. The average Bonchev–Trinajstić information content (AvgIpc) is 3.71. The van der Waals surface area contributed by atoms with Gasteiger partial charge < -0.3 is 28.4 Å². The normalized spacial score (nSPS) is 22.7. The molecule has 3 heterocycles. The molecule has 1 aromatic carbocycles. The molecule has 0 amide bonds. The third kappa shape index (κ3) is 12.5. The molecule has 0 radical (unpaired) electrons. The molecule has 1 aromatic rings. The Hall–Kier alpha value is -1.28. The smallest absolute Gasteiger partial charge is 0.104 e. The fourth-order valence-corrected chi connectivity index (χ4v) is 4.09. The molecule has 3 aliphatic rings. The molecule has 4 rings (SSSR count). The molecule has 0 saturated carbocycles. The molecule has 3 atom stereocenters. The van der Waals surface area contributed by atoms with E-state index < -0.39 is 0 Å². The average molecular weight is 489 g/mol. The van der Waals surface area contributed by atoms with Gasteiger partial charge in [0.25, 0.3) is 0 Å². The van der Waals surface area contributed by atoms with Gasteiger partial charge in [-0.2, -0.15) is 0 Å². The van der Waals surface area contributed by atoms with Gasteiger partial charge in [-0.05, 0) is 74.5 Å². The molecule has 6 heteroatoms. The quantitative estimate of drug-likeness (QED) is 0.173. The molecule has 0 spiro atoms. The molecule has 0 bridgehead atoms. The van der Waals surface area contributed by atoms with Crippen molar-refractivity contribution in [2.75, 3.05) is 59.5 Å². The van der Waals surface area contributed by atoms with Gasteiger partial charge in [0.1, 0.15) is 18.3 Å². The third-order valence-electron chi connectivity index (χ3n) is 6.54. The Kier molecular flexibility index (Phi) is 12.0. The SMILES string of the molecule is C(=Cc1ccc(CCCCOCC2CO2)c(CCCCOCC2CO2)c1)CCCCOCC1CO1. The van der Waals surface area contributed by atoms with Crippen molar-refractivity contribution in [3.63, 3.8) is 0 Å². The summed E-state index contributed by atoms with van der Waals surface area (Å²) in [5.41, 5.74) is 4.28. The van der Waals surface area contributed by atoms with Crippen LogP contribution in [-0.4, -0.2) is 77.8 Å². The highest BCUT2D eigenvalue weighted by molar-refractivity contribution is 5.52. The van der Waals surface area contributed by atoms with Crippen molar-refractivity contribution >= 4 is 6.08 Å². The van der Waals surface area contributed by atoms with Crippen LogP contribution >= 0.6 is 0 Å². The largest absolute Gasteiger partial charge is 0.379 e. The number of hydrogen-bond donors (Lipinski definition) is 0. The molecule has 196 valence electrons. The van der Waals surface area contributed by atoms with Crippen molar-refractivity contribution in [1.29, 1.82) is 0 Å². The van der Waals surface area contributed by atoms with Crippen LogP contribution in [0.4, 0.5) is 0 Å². The molecular weight excluding hydrogens is 444 g/mol. The van der Waals surface area contributed by atoms with Crippen molar-refractivity contribution < 1.29 is 28.4 Å². The summed E-state index contributed by atoms with van der Waals surface area (Å²) in [5.74, 6) is 0. The van der Waals surface area contributed by atoms with E-state index in [1.54, 1.807) is 0 Å². The van der Waals surface area contributed by atoms with Crippen molar-refractivity contribution in [1.82, 2.24) is 0 Å². The first kappa shape index (κ1) is 26.8. The summed E-state index contributed by atoms with van der Waals surface area (Å²) >= 11 is 0. The number of ether oxygens (including phenoxy) is 6. The van der Waals surface area contributed by atoms with Crippen LogP contribution in [0, 0.1) is 0 Å². The summed E-state index contributed by atoms with van der Waals surface area (Å²) in [6, 6.07) is 7.00. The van der Waals surface area contributed by atoms with Crippen LogP contribution in [0.15, 0.2) is 24.3 Å². The highest BCUT2D eigenvalue weighted by atomic mass is 16.6. The number of rotatable bonds is 22. The standard InChI is InChI=1S/C29H44O6/c1(2-6-14-30-18-27-21-33-27)3-9-24-12-13-25(10-4-7-15-31-19-28-22-34-28)26(17-24)11-5-8-16-32-20-29-23-35-29/h3,9,12-13,17,27-29H,1-2,4-8,10-11,14-16,18-23H2. The van der Waals surface area contributed by atoms with E-state index in [1.165, 1.54) is 16.7 Å². The van der Waals surface area contributed by atoms with Crippen molar-refractivity contribution in [3.8, 4) is 0 Å². The fourth-order valence-electron chi connectivity index (χ4n) is 4.09. The van der Waals surface area contributed by atoms with Crippen LogP contribution < -0.4 is 0 Å². The van der Waals surface area contributed by atoms with Gasteiger partial charge in [0.15, 0.2) is 0 Å². The van der Waals surface area contributed by atoms with Gasteiger partial charge >= 0.3 is 0 Å². The number of epoxide rings is 3. The van der Waals surface area contributed by atoms with Gasteiger partial charge in [-0.3, -0.25) is 0 Å². The molecular formula is C29H44O6. The van der Waals surface area contributed by atoms with Crippen LogP contribution in [0.2, 0.25) is 0 Å². The Balaban J connectivity index is 1.15. The zero-order valence-electron chi connectivity index (χ0n) is 21.3. The zero-order valence-corrected chi connectivity index (χ0v) is 21.3. The number of benzene rings is 1. The highest BCUT2D eigenvalue weighted by Crippen LogP contribution is 2.19. The van der Waals surface area contributed by atoms with Crippen molar-refractivity contribution in [3.05, 3.63) is 41.0 Å². The summed E-state index contributed by atoms with van der Waals surface area (Å²) < 4.78 is 32.6. The first-order chi connectivity index (χ1) is 17.4. The van der Waals surface area contributed by atoms with E-state index in [9.17, 15) is 0 Å². The summed E-state index contributed by atoms with van der Waals surface area (Å²) in [4.78, 5) is 0. The van der Waals surface area contributed by atoms with Gasteiger partial charge in [-0.1, -0.05) is 30.4 Å². The maximum Gasteiger partial charge on any atom is 0.104 e. The third-order valence-corrected chi connectivity index (χ3v) is 6.54. The first-order valence-electron chi connectivity index (χ1n) is 13.7. The lowest BCUT2D eigenvalue weighted by atomic mass is 9.95. The number of allylic oxidation sites excluding steroid dienone is 1. The van der Waals surface area contributed by atoms with Crippen molar-refractivity contribution in [2.45, 2.75) is 76.1 Å². The summed E-state index contributed by atoms with van der Waals surface area (Å²) in [6.45, 7) is 7.37. The molecule has 6 nitrogen and oxygen atoms in total. The highest BCUT2D eigenvalue weighted by Gasteiger charge is 2.23. The minimum absolute atomic E-state index is 0.357. The van der Waals surface area contributed by atoms with E-state index in [-0.39, 0.29) is 0 Å². The van der Waals surface area contributed by atoms with E-state index in [0.717, 1.165) is 117 Å². The number of aryl methyl sites for hydroxylation is 2. The van der Waals surface area contributed by atoms with Gasteiger partial charge in [0.2, 0.25) is 0 Å². The summed E-state index contributed by atoms with van der Waals surface area (Å²) in [7, 11) is 0. The fraction of sp³-hybridized carbons (Fsp3) is 0.724.